The summed E-state index contributed by atoms with van der Waals surface area (Å²) in [6, 6.07) is 8.13. The minimum atomic E-state index is -2.89. The van der Waals surface area contributed by atoms with Crippen LogP contribution in [0.5, 0.6) is 0 Å². The largest absolute Gasteiger partial charge is 0.333 e. The van der Waals surface area contributed by atoms with Crippen LogP contribution in [0, 0.1) is 0 Å². The van der Waals surface area contributed by atoms with Crippen molar-refractivity contribution in [1.82, 2.24) is 9.88 Å². The lowest BCUT2D eigenvalue weighted by molar-refractivity contribution is -0.129. The van der Waals surface area contributed by atoms with Crippen LogP contribution in [0.15, 0.2) is 24.3 Å². The molecule has 2 aromatic rings. The van der Waals surface area contributed by atoms with Gasteiger partial charge in [-0.1, -0.05) is 12.1 Å². The molecule has 4 rings (SSSR count). The Bertz CT molecular complexity index is 860. The van der Waals surface area contributed by atoms with Gasteiger partial charge in [-0.15, -0.1) is 23.1 Å². The van der Waals surface area contributed by atoms with Gasteiger partial charge in [-0.2, -0.15) is 0 Å². The molecule has 2 aliphatic rings. The summed E-state index contributed by atoms with van der Waals surface area (Å²) >= 11 is 3.16. The van der Waals surface area contributed by atoms with Gasteiger partial charge in [-0.3, -0.25) is 4.79 Å². The number of sulfone groups is 1. The highest BCUT2D eigenvalue weighted by molar-refractivity contribution is 8.02. The maximum atomic E-state index is 12.7. The normalized spacial score (nSPS) is 25.7. The topological polar surface area (TPSA) is 67.3 Å². The van der Waals surface area contributed by atoms with Gasteiger partial charge in [0, 0.05) is 11.8 Å². The van der Waals surface area contributed by atoms with Crippen LogP contribution in [0.2, 0.25) is 0 Å². The number of carbonyl (C=O) groups excluding carboxylic acids is 1. The number of nitrogens with zero attached hydrogens (tertiary/aromatic N) is 2. The molecule has 2 saturated heterocycles. The maximum absolute atomic E-state index is 12.7. The molecule has 1 amide bonds. The third-order valence-corrected chi connectivity index (χ3v) is 9.21. The van der Waals surface area contributed by atoms with Crippen molar-refractivity contribution in [2.75, 3.05) is 23.8 Å². The van der Waals surface area contributed by atoms with E-state index < -0.39 is 9.84 Å². The number of amides is 1. The monoisotopic (exact) mass is 396 g/mol. The van der Waals surface area contributed by atoms with Crippen molar-refractivity contribution in [2.45, 2.75) is 30.6 Å². The molecule has 5 nitrogen and oxygen atoms in total. The lowest BCUT2D eigenvalue weighted by Crippen LogP contribution is -2.32. The molecule has 1 aromatic heterocycles. The van der Waals surface area contributed by atoms with Gasteiger partial charge >= 0.3 is 0 Å². The Labute approximate surface area is 155 Å². The number of thioether (sulfide) groups is 1. The summed E-state index contributed by atoms with van der Waals surface area (Å²) in [6.07, 6.45) is 2.62. The van der Waals surface area contributed by atoms with E-state index in [4.69, 9.17) is 4.98 Å². The number of likely N-dealkylation sites (tertiary alicyclic amines) is 1. The summed E-state index contributed by atoms with van der Waals surface area (Å²) in [5.41, 5.74) is 0.993. The zero-order chi connectivity index (χ0) is 17.4. The van der Waals surface area contributed by atoms with E-state index in [1.807, 2.05) is 23.1 Å². The third-order valence-electron chi connectivity index (χ3n) is 4.80. The number of aromatic nitrogens is 1. The first-order valence-electron chi connectivity index (χ1n) is 8.49. The highest BCUT2D eigenvalue weighted by Gasteiger charge is 2.34. The Balaban J connectivity index is 1.43. The van der Waals surface area contributed by atoms with Crippen LogP contribution in [0.25, 0.3) is 10.2 Å². The van der Waals surface area contributed by atoms with Gasteiger partial charge in [-0.25, -0.2) is 13.4 Å². The summed E-state index contributed by atoms with van der Waals surface area (Å²) in [6.45, 7) is 0.767. The van der Waals surface area contributed by atoms with Gasteiger partial charge in [0.25, 0.3) is 0 Å². The van der Waals surface area contributed by atoms with E-state index in [1.54, 1.807) is 11.3 Å². The molecule has 0 aliphatic carbocycles. The first kappa shape index (κ1) is 17.3. The summed E-state index contributed by atoms with van der Waals surface area (Å²) in [5.74, 6) is 0.945. The molecule has 8 heteroatoms. The SMILES string of the molecule is O=C(CSC1CCS(=O)(=O)C1)N1CCCC1c1nc2ccccc2s1. The van der Waals surface area contributed by atoms with E-state index in [0.29, 0.717) is 12.2 Å². The molecule has 2 atom stereocenters. The summed E-state index contributed by atoms with van der Waals surface area (Å²) < 4.78 is 24.3. The number of rotatable bonds is 4. The van der Waals surface area contributed by atoms with Crippen LogP contribution in [0.1, 0.15) is 30.3 Å². The summed E-state index contributed by atoms with van der Waals surface area (Å²) in [7, 11) is -2.89. The molecule has 25 heavy (non-hydrogen) atoms. The average molecular weight is 397 g/mol. The van der Waals surface area contributed by atoms with E-state index in [1.165, 1.54) is 11.8 Å². The van der Waals surface area contributed by atoms with Gasteiger partial charge in [0.2, 0.25) is 5.91 Å². The average Bonchev–Trinajstić information content (AvgIpc) is 3.29. The highest BCUT2D eigenvalue weighted by Crippen LogP contribution is 2.37. The first-order valence-corrected chi connectivity index (χ1v) is 12.2. The zero-order valence-electron chi connectivity index (χ0n) is 13.8. The first-order chi connectivity index (χ1) is 12.0. The number of thiazole rings is 1. The molecule has 0 saturated carbocycles. The second-order valence-corrected chi connectivity index (χ2v) is 11.2. The minimum Gasteiger partial charge on any atom is -0.333 e. The lowest BCUT2D eigenvalue weighted by Gasteiger charge is -2.23. The second kappa shape index (κ2) is 6.89. The Morgan fingerprint density at radius 1 is 1.32 bits per heavy atom. The zero-order valence-corrected chi connectivity index (χ0v) is 16.2. The van der Waals surface area contributed by atoms with Crippen LogP contribution in [-0.2, 0) is 14.6 Å². The van der Waals surface area contributed by atoms with Gasteiger partial charge in [0.15, 0.2) is 9.84 Å². The number of benzene rings is 1. The van der Waals surface area contributed by atoms with Crippen molar-refractivity contribution >= 4 is 49.1 Å². The number of para-hydroxylation sites is 1. The predicted octanol–water partition coefficient (Wildman–Crippen LogP) is 2.88. The Kier molecular flexibility index (Phi) is 4.77. The molecular weight excluding hydrogens is 376 g/mol. The van der Waals surface area contributed by atoms with Crippen molar-refractivity contribution in [2.24, 2.45) is 0 Å². The van der Waals surface area contributed by atoms with Crippen LogP contribution in [-0.4, -0.2) is 53.3 Å². The molecule has 1 aromatic carbocycles. The number of hydrogen-bond acceptors (Lipinski definition) is 6. The van der Waals surface area contributed by atoms with E-state index >= 15 is 0 Å². The second-order valence-electron chi connectivity index (χ2n) is 6.60. The quantitative estimate of drug-likeness (QED) is 0.795. The van der Waals surface area contributed by atoms with Gasteiger partial charge in [-0.05, 0) is 31.4 Å². The van der Waals surface area contributed by atoms with Crippen molar-refractivity contribution in [1.29, 1.82) is 0 Å². The van der Waals surface area contributed by atoms with E-state index in [2.05, 4.69) is 6.07 Å². The molecule has 0 N–H and O–H groups in total. The fourth-order valence-corrected chi connectivity index (χ4v) is 8.16. The fraction of sp³-hybridized carbons (Fsp3) is 0.529. The fourth-order valence-electron chi connectivity index (χ4n) is 3.52. The minimum absolute atomic E-state index is 0.0671. The third kappa shape index (κ3) is 3.71. The highest BCUT2D eigenvalue weighted by atomic mass is 32.2. The van der Waals surface area contributed by atoms with Crippen molar-refractivity contribution in [3.8, 4) is 0 Å². The van der Waals surface area contributed by atoms with Crippen molar-refractivity contribution in [3.05, 3.63) is 29.3 Å². The van der Waals surface area contributed by atoms with E-state index in [0.717, 1.165) is 34.6 Å². The molecule has 2 unspecified atom stereocenters. The Morgan fingerprint density at radius 3 is 2.92 bits per heavy atom. The molecular formula is C17H20N2O3S3. The predicted molar refractivity (Wildman–Crippen MR) is 103 cm³/mol. The summed E-state index contributed by atoms with van der Waals surface area (Å²) in [4.78, 5) is 19.4. The van der Waals surface area contributed by atoms with E-state index in [-0.39, 0.29) is 28.7 Å². The van der Waals surface area contributed by atoms with Gasteiger partial charge in [0.05, 0.1) is 33.5 Å². The van der Waals surface area contributed by atoms with E-state index in [9.17, 15) is 13.2 Å². The van der Waals surface area contributed by atoms with Crippen molar-refractivity contribution in [3.63, 3.8) is 0 Å². The van der Waals surface area contributed by atoms with Crippen LogP contribution in [0.3, 0.4) is 0 Å². The van der Waals surface area contributed by atoms with Crippen LogP contribution < -0.4 is 0 Å². The standard InChI is InChI=1S/C17H20N2O3S3/c20-16(10-23-12-7-9-25(21,22)11-12)19-8-3-5-14(19)17-18-13-4-1-2-6-15(13)24-17/h1-2,4,6,12,14H,3,5,7-11H2. The molecule has 134 valence electrons. The molecule has 2 fully saturated rings. The van der Waals surface area contributed by atoms with Gasteiger partial charge in [0.1, 0.15) is 5.01 Å². The van der Waals surface area contributed by atoms with Crippen LogP contribution in [0.4, 0.5) is 0 Å². The van der Waals surface area contributed by atoms with Gasteiger partial charge < -0.3 is 4.90 Å². The number of hydrogen-bond donors (Lipinski definition) is 0. The van der Waals surface area contributed by atoms with Crippen LogP contribution >= 0.6 is 23.1 Å². The Morgan fingerprint density at radius 2 is 2.16 bits per heavy atom. The summed E-state index contributed by atoms with van der Waals surface area (Å²) in [5, 5.41) is 1.08. The molecule has 2 aliphatic heterocycles. The number of carbonyl (C=O) groups is 1. The maximum Gasteiger partial charge on any atom is 0.233 e. The smallest absolute Gasteiger partial charge is 0.233 e. The lowest BCUT2D eigenvalue weighted by atomic mass is 10.2. The molecule has 0 spiro atoms. The van der Waals surface area contributed by atoms with Crippen molar-refractivity contribution < 1.29 is 13.2 Å². The molecule has 0 radical (unpaired) electrons. The molecule has 0 bridgehead atoms. The number of fused-ring (bicyclic) bond motifs is 1. The Hall–Kier alpha value is -1.12. The molecule has 3 heterocycles.